The first kappa shape index (κ1) is 12.8. The van der Waals surface area contributed by atoms with E-state index >= 15 is 0 Å². The topological polar surface area (TPSA) is 66.6 Å². The second-order valence-corrected chi connectivity index (χ2v) is 4.81. The lowest BCUT2D eigenvalue weighted by molar-refractivity contribution is 0.0740. The fraction of sp³-hybridized carbons (Fsp3) is 0.462. The maximum atomic E-state index is 13.1. The van der Waals surface area contributed by atoms with Gasteiger partial charge in [-0.3, -0.25) is 4.79 Å². The number of hydrogen-bond donors (Lipinski definition) is 2. The number of phenols is 1. The summed E-state index contributed by atoms with van der Waals surface area (Å²) in [5, 5.41) is 9.64. The molecule has 18 heavy (non-hydrogen) atoms. The zero-order valence-corrected chi connectivity index (χ0v) is 10.3. The van der Waals surface area contributed by atoms with Crippen LogP contribution in [0.3, 0.4) is 0 Å². The molecule has 1 saturated heterocycles. The van der Waals surface area contributed by atoms with E-state index in [1.807, 2.05) is 6.92 Å². The first-order valence-corrected chi connectivity index (χ1v) is 6.02. The van der Waals surface area contributed by atoms with Crippen molar-refractivity contribution in [2.75, 3.05) is 13.1 Å². The van der Waals surface area contributed by atoms with Gasteiger partial charge in [-0.2, -0.15) is 0 Å². The summed E-state index contributed by atoms with van der Waals surface area (Å²) in [5.74, 6) is -0.779. The molecule has 1 heterocycles. The molecule has 0 radical (unpaired) electrons. The number of carbonyl (C=O) groups excluding carboxylic acids is 1. The molecule has 2 unspecified atom stereocenters. The summed E-state index contributed by atoms with van der Waals surface area (Å²) in [4.78, 5) is 13.9. The molecule has 2 rings (SSSR count). The Morgan fingerprint density at radius 1 is 1.61 bits per heavy atom. The predicted molar refractivity (Wildman–Crippen MR) is 65.7 cm³/mol. The van der Waals surface area contributed by atoms with Crippen molar-refractivity contribution in [3.05, 3.63) is 29.6 Å². The molecule has 1 aromatic carbocycles. The van der Waals surface area contributed by atoms with Gasteiger partial charge in [-0.25, -0.2) is 4.39 Å². The Morgan fingerprint density at radius 2 is 2.33 bits per heavy atom. The Kier molecular flexibility index (Phi) is 3.52. The summed E-state index contributed by atoms with van der Waals surface area (Å²) in [6.07, 6.45) is 0.846. The molecule has 0 aliphatic carbocycles. The van der Waals surface area contributed by atoms with Crippen molar-refractivity contribution < 1.29 is 14.3 Å². The molecule has 0 spiro atoms. The average molecular weight is 252 g/mol. The Labute approximate surface area is 105 Å². The van der Waals surface area contributed by atoms with Crippen LogP contribution in [0.2, 0.25) is 0 Å². The van der Waals surface area contributed by atoms with Crippen LogP contribution in [0.25, 0.3) is 0 Å². The molecule has 0 saturated carbocycles. The third-order valence-electron chi connectivity index (χ3n) is 3.44. The summed E-state index contributed by atoms with van der Waals surface area (Å²) in [5.41, 5.74) is 5.62. The Bertz CT molecular complexity index is 464. The van der Waals surface area contributed by atoms with Crippen LogP contribution in [-0.4, -0.2) is 35.0 Å². The van der Waals surface area contributed by atoms with E-state index in [2.05, 4.69) is 0 Å². The second kappa shape index (κ2) is 4.94. The van der Waals surface area contributed by atoms with Crippen LogP contribution in [0, 0.1) is 11.7 Å². The molecule has 1 aliphatic heterocycles. The van der Waals surface area contributed by atoms with E-state index in [1.165, 1.54) is 6.07 Å². The fourth-order valence-corrected chi connectivity index (χ4v) is 2.43. The van der Waals surface area contributed by atoms with E-state index in [0.717, 1.165) is 18.6 Å². The highest BCUT2D eigenvalue weighted by Gasteiger charge is 2.33. The van der Waals surface area contributed by atoms with E-state index in [9.17, 15) is 14.3 Å². The fourth-order valence-electron chi connectivity index (χ4n) is 2.43. The number of likely N-dealkylation sites (tertiary alicyclic amines) is 1. The molecule has 1 amide bonds. The van der Waals surface area contributed by atoms with Crippen LogP contribution in [0.1, 0.15) is 23.7 Å². The number of rotatable bonds is 2. The molecule has 1 aliphatic rings. The van der Waals surface area contributed by atoms with Crippen molar-refractivity contribution in [1.29, 1.82) is 0 Å². The zero-order chi connectivity index (χ0) is 13.3. The van der Waals surface area contributed by atoms with Crippen molar-refractivity contribution in [1.82, 2.24) is 4.90 Å². The van der Waals surface area contributed by atoms with Gasteiger partial charge >= 0.3 is 0 Å². The number of benzene rings is 1. The quantitative estimate of drug-likeness (QED) is 0.834. The number of hydrogen-bond acceptors (Lipinski definition) is 3. The molecular weight excluding hydrogens is 235 g/mol. The molecule has 1 fully saturated rings. The maximum absolute atomic E-state index is 13.1. The van der Waals surface area contributed by atoms with Gasteiger partial charge in [0.25, 0.3) is 5.91 Å². The number of carbonyl (C=O) groups is 1. The summed E-state index contributed by atoms with van der Waals surface area (Å²) < 4.78 is 13.1. The van der Waals surface area contributed by atoms with Crippen molar-refractivity contribution >= 4 is 5.91 Å². The van der Waals surface area contributed by atoms with Crippen LogP contribution in [-0.2, 0) is 0 Å². The number of nitrogens with zero attached hydrogens (tertiary/aromatic N) is 1. The van der Waals surface area contributed by atoms with Gasteiger partial charge in [0, 0.05) is 12.6 Å². The van der Waals surface area contributed by atoms with Crippen molar-refractivity contribution in [3.63, 3.8) is 0 Å². The predicted octanol–water partition coefficient (Wildman–Crippen LogP) is 1.34. The highest BCUT2D eigenvalue weighted by molar-refractivity contribution is 5.97. The van der Waals surface area contributed by atoms with Crippen LogP contribution < -0.4 is 5.73 Å². The summed E-state index contributed by atoms with van der Waals surface area (Å²) in [6.45, 7) is 3.03. The third-order valence-corrected chi connectivity index (χ3v) is 3.44. The van der Waals surface area contributed by atoms with Crippen LogP contribution in [0.5, 0.6) is 5.75 Å². The summed E-state index contributed by atoms with van der Waals surface area (Å²) >= 11 is 0. The second-order valence-electron chi connectivity index (χ2n) is 4.81. The van der Waals surface area contributed by atoms with Crippen molar-refractivity contribution in [3.8, 4) is 5.75 Å². The molecule has 1 aromatic rings. The normalized spacial score (nSPS) is 23.4. The van der Waals surface area contributed by atoms with Crippen LogP contribution in [0.4, 0.5) is 4.39 Å². The average Bonchev–Trinajstić information content (AvgIpc) is 2.73. The maximum Gasteiger partial charge on any atom is 0.257 e. The lowest BCUT2D eigenvalue weighted by Crippen LogP contribution is -2.34. The minimum atomic E-state index is -0.529. The Morgan fingerprint density at radius 3 is 2.94 bits per heavy atom. The summed E-state index contributed by atoms with van der Waals surface area (Å²) in [7, 11) is 0. The van der Waals surface area contributed by atoms with Crippen LogP contribution >= 0.6 is 0 Å². The number of amides is 1. The minimum Gasteiger partial charge on any atom is -0.507 e. The molecule has 3 N–H and O–H groups in total. The highest BCUT2D eigenvalue weighted by atomic mass is 19.1. The number of nitrogens with two attached hydrogens (primary N) is 1. The van der Waals surface area contributed by atoms with Gasteiger partial charge in [-0.1, -0.05) is 0 Å². The highest BCUT2D eigenvalue weighted by Crippen LogP contribution is 2.27. The van der Waals surface area contributed by atoms with E-state index in [4.69, 9.17) is 5.73 Å². The van der Waals surface area contributed by atoms with E-state index < -0.39 is 5.82 Å². The van der Waals surface area contributed by atoms with E-state index in [1.54, 1.807) is 4.90 Å². The van der Waals surface area contributed by atoms with Crippen molar-refractivity contribution in [2.45, 2.75) is 19.4 Å². The lowest BCUT2D eigenvalue weighted by atomic mass is 10.1. The minimum absolute atomic E-state index is 0.0134. The molecule has 5 heteroatoms. The monoisotopic (exact) mass is 252 g/mol. The molecule has 0 bridgehead atoms. The van der Waals surface area contributed by atoms with Gasteiger partial charge < -0.3 is 15.7 Å². The Balaban J connectivity index is 2.24. The van der Waals surface area contributed by atoms with Gasteiger partial charge in [0.15, 0.2) is 0 Å². The SMILES string of the molecule is CC1CC(CN)CN1C(=O)c1cc(F)ccc1O. The van der Waals surface area contributed by atoms with E-state index in [-0.39, 0.29) is 29.2 Å². The standard InChI is InChI=1S/C13H17FN2O2/c1-8-4-9(6-15)7-16(8)13(18)11-5-10(14)2-3-12(11)17/h2-3,5,8-9,17H,4,6-7,15H2,1H3. The molecule has 2 atom stereocenters. The van der Waals surface area contributed by atoms with E-state index in [0.29, 0.717) is 13.1 Å². The first-order valence-electron chi connectivity index (χ1n) is 6.02. The number of halogens is 1. The number of phenolic OH excluding ortho intramolecular Hbond substituents is 1. The lowest BCUT2D eigenvalue weighted by Gasteiger charge is -2.22. The van der Waals surface area contributed by atoms with Gasteiger partial charge in [0.05, 0.1) is 5.56 Å². The number of aromatic hydroxyl groups is 1. The molecule has 98 valence electrons. The van der Waals surface area contributed by atoms with Gasteiger partial charge in [-0.05, 0) is 44.0 Å². The smallest absolute Gasteiger partial charge is 0.257 e. The molecule has 4 nitrogen and oxygen atoms in total. The Hall–Kier alpha value is -1.62. The third kappa shape index (κ3) is 2.31. The molecular formula is C13H17FN2O2. The van der Waals surface area contributed by atoms with Gasteiger partial charge in [-0.15, -0.1) is 0 Å². The zero-order valence-electron chi connectivity index (χ0n) is 10.3. The van der Waals surface area contributed by atoms with Gasteiger partial charge in [0.2, 0.25) is 0 Å². The largest absolute Gasteiger partial charge is 0.507 e. The van der Waals surface area contributed by atoms with Crippen LogP contribution in [0.15, 0.2) is 18.2 Å². The van der Waals surface area contributed by atoms with Gasteiger partial charge in [0.1, 0.15) is 11.6 Å². The summed E-state index contributed by atoms with van der Waals surface area (Å²) in [6, 6.07) is 3.46. The first-order chi connectivity index (χ1) is 8.52. The molecule has 0 aromatic heterocycles. The van der Waals surface area contributed by atoms with Crippen molar-refractivity contribution in [2.24, 2.45) is 11.7 Å².